The Balaban J connectivity index is 0.000000735. The molecule has 3 rings (SSSR count). The number of ether oxygens (including phenoxy) is 1. The van der Waals surface area contributed by atoms with E-state index in [1.807, 2.05) is 55.5 Å². The van der Waals surface area contributed by atoms with Crippen molar-refractivity contribution >= 4 is 29.2 Å². The Hall–Kier alpha value is -2.94. The molecule has 3 atom stereocenters. The summed E-state index contributed by atoms with van der Waals surface area (Å²) < 4.78 is 6.01. The van der Waals surface area contributed by atoms with Gasteiger partial charge in [0.25, 0.3) is 0 Å². The van der Waals surface area contributed by atoms with Crippen LogP contribution in [0, 0.1) is 24.7 Å². The van der Waals surface area contributed by atoms with Crippen LogP contribution in [0.25, 0.3) is 0 Å². The fourth-order valence-corrected chi connectivity index (χ4v) is 5.11. The molecular formula is C39H62ClN3O5. The number of carbonyl (C=O) groups is 3. The molecule has 48 heavy (non-hydrogen) atoms. The number of Topliss-reactive ketones (excluding diaryl/α,β-unsaturated/α-hetero) is 1. The average molecular weight is 688 g/mol. The fourth-order valence-electron chi connectivity index (χ4n) is 4.99. The van der Waals surface area contributed by atoms with Gasteiger partial charge >= 0.3 is 0 Å². The molecule has 0 saturated heterocycles. The molecule has 0 spiro atoms. The molecule has 2 aromatic carbocycles. The van der Waals surface area contributed by atoms with Gasteiger partial charge < -0.3 is 25.8 Å². The van der Waals surface area contributed by atoms with Gasteiger partial charge in [-0.1, -0.05) is 101 Å². The van der Waals surface area contributed by atoms with E-state index in [0.29, 0.717) is 25.6 Å². The van der Waals surface area contributed by atoms with E-state index in [2.05, 4.69) is 36.7 Å². The van der Waals surface area contributed by atoms with E-state index in [0.717, 1.165) is 47.9 Å². The number of hydrogen-bond acceptors (Lipinski definition) is 6. The lowest BCUT2D eigenvalue weighted by Crippen LogP contribution is -2.44. The first kappa shape index (κ1) is 43.1. The van der Waals surface area contributed by atoms with Crippen molar-refractivity contribution in [3.05, 3.63) is 64.7 Å². The summed E-state index contributed by atoms with van der Waals surface area (Å²) in [5.74, 6) is 1.17. The molecule has 0 aliphatic heterocycles. The van der Waals surface area contributed by atoms with Crippen molar-refractivity contribution in [1.82, 2.24) is 16.0 Å². The Morgan fingerprint density at radius 2 is 1.56 bits per heavy atom. The third kappa shape index (κ3) is 19.2. The number of rotatable bonds is 16. The minimum atomic E-state index is -0.761. The zero-order chi connectivity index (χ0) is 35.9. The minimum Gasteiger partial charge on any atom is -0.492 e. The summed E-state index contributed by atoms with van der Waals surface area (Å²) >= 11 is 5.61. The van der Waals surface area contributed by atoms with Crippen molar-refractivity contribution in [3.8, 4) is 5.75 Å². The van der Waals surface area contributed by atoms with Gasteiger partial charge in [0.1, 0.15) is 18.1 Å². The van der Waals surface area contributed by atoms with Gasteiger partial charge in [-0.2, -0.15) is 0 Å². The summed E-state index contributed by atoms with van der Waals surface area (Å²) in [5.41, 5.74) is 2.31. The average Bonchev–Trinajstić information content (AvgIpc) is 3.07. The van der Waals surface area contributed by atoms with Crippen molar-refractivity contribution in [1.29, 1.82) is 0 Å². The number of aryl methyl sites for hydroxylation is 2. The van der Waals surface area contributed by atoms with Crippen molar-refractivity contribution < 1.29 is 24.2 Å². The van der Waals surface area contributed by atoms with E-state index in [1.54, 1.807) is 20.8 Å². The van der Waals surface area contributed by atoms with Gasteiger partial charge in [-0.25, -0.2) is 0 Å². The lowest BCUT2D eigenvalue weighted by molar-refractivity contribution is -0.130. The van der Waals surface area contributed by atoms with Crippen molar-refractivity contribution in [3.63, 3.8) is 0 Å². The highest BCUT2D eigenvalue weighted by Crippen LogP contribution is 2.27. The lowest BCUT2D eigenvalue weighted by atomic mass is 9.82. The van der Waals surface area contributed by atoms with Crippen molar-refractivity contribution in [2.24, 2.45) is 17.8 Å². The molecule has 4 N–H and O–H groups in total. The van der Waals surface area contributed by atoms with E-state index in [9.17, 15) is 19.5 Å². The van der Waals surface area contributed by atoms with E-state index in [1.165, 1.54) is 31.2 Å². The van der Waals surface area contributed by atoms with Crippen LogP contribution in [-0.2, 0) is 20.8 Å². The summed E-state index contributed by atoms with van der Waals surface area (Å²) in [7, 11) is 0. The topological polar surface area (TPSA) is 117 Å². The molecule has 9 heteroatoms. The van der Waals surface area contributed by atoms with Gasteiger partial charge in [0, 0.05) is 18.1 Å². The maximum atomic E-state index is 12.1. The first-order valence-electron chi connectivity index (χ1n) is 17.7. The van der Waals surface area contributed by atoms with Gasteiger partial charge in [0.05, 0.1) is 24.6 Å². The fraction of sp³-hybridized carbons (Fsp3) is 0.615. The predicted octanol–water partition coefficient (Wildman–Crippen LogP) is 7.08. The quantitative estimate of drug-likeness (QED) is 0.140. The Labute approximate surface area is 295 Å². The zero-order valence-corrected chi connectivity index (χ0v) is 31.2. The molecular weight excluding hydrogens is 626 g/mol. The molecule has 0 bridgehead atoms. The number of aliphatic hydroxyl groups is 1. The summed E-state index contributed by atoms with van der Waals surface area (Å²) in [6.45, 7) is 15.0. The number of nitrogens with one attached hydrogen (secondary N) is 3. The zero-order valence-electron chi connectivity index (χ0n) is 30.4. The van der Waals surface area contributed by atoms with E-state index >= 15 is 0 Å². The summed E-state index contributed by atoms with van der Waals surface area (Å²) in [4.78, 5) is 35.9. The predicted molar refractivity (Wildman–Crippen MR) is 197 cm³/mol. The standard InChI is InChI=1S/C27H43N3O5.C7H7Cl.C5H12/c1-19(20(2)31)27(34)30-18-25(33)28-15-9-13-22-10-7-8-14-24(22)35-17-16-29-26(21(3)32)23-11-5-4-6-12-23;1-6-2-4-7(8)5-3-6;1-4-5(2)3/h7-8,10,14,19-20,23,26,29,31H,4-6,9,11-13,15-18H2,1-3H3,(H,28,33)(H,30,34);2-5H,1H3;5H,4H2,1-3H3. The van der Waals surface area contributed by atoms with Crippen LogP contribution in [0.2, 0.25) is 5.02 Å². The Kier molecular flexibility index (Phi) is 22.5. The molecule has 3 unspecified atom stereocenters. The van der Waals surface area contributed by atoms with Gasteiger partial charge in [-0.3, -0.25) is 14.4 Å². The SMILES string of the molecule is CC(=O)C(NCCOc1ccccc1CCCNC(=O)CNC(=O)C(C)C(C)O)C1CCCCC1.CCC(C)C.Cc1ccc(Cl)cc1. The van der Waals surface area contributed by atoms with Crippen LogP contribution in [-0.4, -0.2) is 61.1 Å². The number of carbonyl (C=O) groups excluding carboxylic acids is 3. The number of halogens is 1. The maximum absolute atomic E-state index is 12.1. The number of benzene rings is 2. The third-order valence-electron chi connectivity index (χ3n) is 8.59. The van der Waals surface area contributed by atoms with Gasteiger partial charge in [0.2, 0.25) is 11.8 Å². The third-order valence-corrected chi connectivity index (χ3v) is 8.84. The van der Waals surface area contributed by atoms with Crippen molar-refractivity contribution in [2.75, 3.05) is 26.2 Å². The number of para-hydroxylation sites is 1. The number of ketones is 1. The summed E-state index contributed by atoms with van der Waals surface area (Å²) in [6.07, 6.45) is 7.93. The number of amides is 2. The molecule has 2 amide bonds. The molecule has 0 heterocycles. The van der Waals surface area contributed by atoms with E-state index in [4.69, 9.17) is 16.3 Å². The van der Waals surface area contributed by atoms with Crippen LogP contribution in [0.3, 0.4) is 0 Å². The second-order valence-corrected chi connectivity index (χ2v) is 13.6. The number of hydrogen-bond donors (Lipinski definition) is 4. The second-order valence-electron chi connectivity index (χ2n) is 13.2. The van der Waals surface area contributed by atoms with Crippen LogP contribution in [0.4, 0.5) is 0 Å². The van der Waals surface area contributed by atoms with E-state index < -0.39 is 12.0 Å². The molecule has 270 valence electrons. The van der Waals surface area contributed by atoms with Crippen LogP contribution in [0.15, 0.2) is 48.5 Å². The molecule has 1 saturated carbocycles. The first-order chi connectivity index (χ1) is 22.8. The summed E-state index contributed by atoms with van der Waals surface area (Å²) in [6, 6.07) is 15.5. The molecule has 1 fully saturated rings. The maximum Gasteiger partial charge on any atom is 0.239 e. The largest absolute Gasteiger partial charge is 0.492 e. The van der Waals surface area contributed by atoms with Crippen molar-refractivity contribution in [2.45, 2.75) is 112 Å². The van der Waals surface area contributed by atoms with Crippen LogP contribution < -0.4 is 20.7 Å². The Bertz CT molecular complexity index is 1160. The monoisotopic (exact) mass is 687 g/mol. The number of aliphatic hydroxyl groups excluding tert-OH is 1. The van der Waals surface area contributed by atoms with Gasteiger partial charge in [-0.05, 0) is 82.1 Å². The molecule has 0 aromatic heterocycles. The van der Waals surface area contributed by atoms with Crippen LogP contribution >= 0.6 is 11.6 Å². The molecule has 2 aromatic rings. The normalized spacial score (nSPS) is 14.7. The van der Waals surface area contributed by atoms with E-state index in [-0.39, 0.29) is 30.2 Å². The molecule has 8 nitrogen and oxygen atoms in total. The first-order valence-corrected chi connectivity index (χ1v) is 18.1. The second kappa shape index (κ2) is 25.1. The van der Waals surface area contributed by atoms with Gasteiger partial charge in [-0.15, -0.1) is 0 Å². The minimum absolute atomic E-state index is 0.0854. The molecule has 1 aliphatic carbocycles. The molecule has 0 radical (unpaired) electrons. The van der Waals surface area contributed by atoms with Gasteiger partial charge in [0.15, 0.2) is 0 Å². The highest BCUT2D eigenvalue weighted by Gasteiger charge is 2.26. The van der Waals surface area contributed by atoms with Crippen LogP contribution in [0.1, 0.15) is 97.6 Å². The summed E-state index contributed by atoms with van der Waals surface area (Å²) in [5, 5.41) is 19.0. The highest BCUT2D eigenvalue weighted by molar-refractivity contribution is 6.30. The molecule has 1 aliphatic rings. The van der Waals surface area contributed by atoms with Crippen LogP contribution in [0.5, 0.6) is 5.75 Å². The smallest absolute Gasteiger partial charge is 0.239 e. The Morgan fingerprint density at radius 1 is 0.938 bits per heavy atom. The highest BCUT2D eigenvalue weighted by atomic mass is 35.5. The Morgan fingerprint density at radius 3 is 2.12 bits per heavy atom. The lowest BCUT2D eigenvalue weighted by Gasteiger charge is -2.29.